The van der Waals surface area contributed by atoms with Crippen molar-refractivity contribution < 1.29 is 0 Å². The van der Waals surface area contributed by atoms with Crippen LogP contribution in [0.1, 0.15) is 42.5 Å². The van der Waals surface area contributed by atoms with Gasteiger partial charge in [-0.1, -0.05) is 184 Å². The normalized spacial score (nSPS) is 13.9. The Labute approximate surface area is 346 Å². The van der Waals surface area contributed by atoms with Crippen molar-refractivity contribution in [2.24, 2.45) is 0 Å². The molecule has 0 radical (unpaired) electrons. The largest absolute Gasteiger partial charge is 0.228 e. The lowest BCUT2D eigenvalue weighted by molar-refractivity contribution is 0.701. The van der Waals surface area contributed by atoms with Gasteiger partial charge in [-0.05, 0) is 115 Å². The van der Waals surface area contributed by atoms with Gasteiger partial charge in [0, 0.05) is 22.1 Å². The van der Waals surface area contributed by atoms with Gasteiger partial charge in [-0.2, -0.15) is 0 Å². The molecular weight excluding hydrogens is 713 g/mol. The van der Waals surface area contributed by atoms with E-state index in [0.717, 1.165) is 52.0 Å². The minimum Gasteiger partial charge on any atom is -0.228 e. The van der Waals surface area contributed by atoms with E-state index in [2.05, 4.69) is 202 Å². The maximum Gasteiger partial charge on any atom is 0.160 e. The maximum absolute atomic E-state index is 5.35. The summed E-state index contributed by atoms with van der Waals surface area (Å²) in [5.74, 6) is 0.706. The van der Waals surface area contributed by atoms with Crippen LogP contribution >= 0.6 is 0 Å². The molecule has 11 rings (SSSR count). The fourth-order valence-corrected chi connectivity index (χ4v) is 9.83. The van der Waals surface area contributed by atoms with Crippen molar-refractivity contribution in [3.05, 3.63) is 216 Å². The molecular formula is C57H42N2. The molecule has 0 amide bonds. The second-order valence-corrected chi connectivity index (χ2v) is 16.4. The molecule has 0 saturated heterocycles. The van der Waals surface area contributed by atoms with E-state index in [0.29, 0.717) is 5.82 Å². The van der Waals surface area contributed by atoms with Crippen LogP contribution in [0.2, 0.25) is 0 Å². The first kappa shape index (κ1) is 35.0. The Kier molecular flexibility index (Phi) is 8.34. The predicted octanol–water partition coefficient (Wildman–Crippen LogP) is 14.8. The third-order valence-corrected chi connectivity index (χ3v) is 12.6. The highest BCUT2D eigenvalue weighted by atomic mass is 14.9. The Morgan fingerprint density at radius 3 is 1.63 bits per heavy atom. The quantitative estimate of drug-likeness (QED) is 0.169. The second-order valence-electron chi connectivity index (χ2n) is 16.4. The monoisotopic (exact) mass is 754 g/mol. The first-order valence-electron chi connectivity index (χ1n) is 20.7. The van der Waals surface area contributed by atoms with Crippen molar-refractivity contribution in [3.8, 4) is 67.3 Å². The summed E-state index contributed by atoms with van der Waals surface area (Å²) in [7, 11) is 0. The predicted molar refractivity (Wildman–Crippen MR) is 247 cm³/mol. The lowest BCUT2D eigenvalue weighted by Crippen LogP contribution is -2.18. The van der Waals surface area contributed by atoms with E-state index in [1.807, 2.05) is 6.07 Å². The van der Waals surface area contributed by atoms with Crippen LogP contribution in [-0.4, -0.2) is 9.97 Å². The zero-order valence-corrected chi connectivity index (χ0v) is 33.3. The van der Waals surface area contributed by atoms with Gasteiger partial charge in [0.25, 0.3) is 0 Å². The van der Waals surface area contributed by atoms with Crippen molar-refractivity contribution >= 4 is 21.9 Å². The van der Waals surface area contributed by atoms with Crippen molar-refractivity contribution in [1.82, 2.24) is 9.97 Å². The van der Waals surface area contributed by atoms with Gasteiger partial charge in [-0.3, -0.25) is 0 Å². The van der Waals surface area contributed by atoms with Crippen LogP contribution in [0, 0.1) is 0 Å². The highest BCUT2D eigenvalue weighted by Crippen LogP contribution is 2.57. The van der Waals surface area contributed by atoms with Crippen LogP contribution in [0.4, 0.5) is 0 Å². The molecule has 0 spiro atoms. The van der Waals surface area contributed by atoms with E-state index >= 15 is 0 Å². The molecule has 0 saturated carbocycles. The number of allylic oxidation sites excluding steroid dienone is 2. The van der Waals surface area contributed by atoms with Crippen LogP contribution in [0.3, 0.4) is 0 Å². The third-order valence-electron chi connectivity index (χ3n) is 12.6. The number of hydrogen-bond acceptors (Lipinski definition) is 2. The molecule has 280 valence electrons. The van der Waals surface area contributed by atoms with Gasteiger partial charge in [-0.25, -0.2) is 9.97 Å². The Morgan fingerprint density at radius 2 is 0.932 bits per heavy atom. The minimum atomic E-state index is -0.0870. The summed E-state index contributed by atoms with van der Waals surface area (Å²) in [6, 6.07) is 70.1. The standard InChI is InChI=1S/C57H42N2/c1-57(2)51-28-16-27-49(54(51)50-30-29-39-21-12-13-24-44(39)55(50)57)47-31-32-48(46-26-15-14-25-45(46)47)53-36-52(58-56(59-53)40-22-10-5-11-23-40)43-34-41(37-17-6-3-7-18-37)33-42(35-43)38-19-8-4-9-20-38/h3-28,31-36H,29-30H2,1-2H3. The smallest absolute Gasteiger partial charge is 0.160 e. The molecule has 0 bridgehead atoms. The third kappa shape index (κ3) is 5.94. The van der Waals surface area contributed by atoms with Gasteiger partial charge >= 0.3 is 0 Å². The van der Waals surface area contributed by atoms with Crippen LogP contribution in [-0.2, 0) is 11.8 Å². The Bertz CT molecular complexity index is 3050. The van der Waals surface area contributed by atoms with Gasteiger partial charge < -0.3 is 0 Å². The second kappa shape index (κ2) is 14.0. The first-order chi connectivity index (χ1) is 29.0. The number of aryl methyl sites for hydroxylation is 1. The fourth-order valence-electron chi connectivity index (χ4n) is 9.83. The molecule has 2 aliphatic rings. The van der Waals surface area contributed by atoms with E-state index in [-0.39, 0.29) is 5.41 Å². The fraction of sp³-hybridized carbons (Fsp3) is 0.0877. The summed E-state index contributed by atoms with van der Waals surface area (Å²) in [4.78, 5) is 10.7. The lowest BCUT2D eigenvalue weighted by Gasteiger charge is -2.29. The van der Waals surface area contributed by atoms with E-state index in [4.69, 9.17) is 9.97 Å². The van der Waals surface area contributed by atoms with Crippen LogP contribution in [0.5, 0.6) is 0 Å². The number of nitrogens with zero attached hydrogens (tertiary/aromatic N) is 2. The maximum atomic E-state index is 5.35. The van der Waals surface area contributed by atoms with Crippen molar-refractivity contribution in [1.29, 1.82) is 0 Å². The van der Waals surface area contributed by atoms with Gasteiger partial charge in [-0.15, -0.1) is 0 Å². The van der Waals surface area contributed by atoms with Crippen molar-refractivity contribution in [2.45, 2.75) is 32.1 Å². The van der Waals surface area contributed by atoms with E-state index in [1.54, 1.807) is 0 Å². The molecule has 2 heteroatoms. The number of benzene rings is 8. The van der Waals surface area contributed by atoms with E-state index in [1.165, 1.54) is 66.4 Å². The summed E-state index contributed by atoms with van der Waals surface area (Å²) < 4.78 is 0. The molecule has 0 aliphatic heterocycles. The molecule has 2 nitrogen and oxygen atoms in total. The number of rotatable bonds is 6. The van der Waals surface area contributed by atoms with Crippen molar-refractivity contribution in [2.75, 3.05) is 0 Å². The first-order valence-corrected chi connectivity index (χ1v) is 20.7. The molecule has 8 aromatic carbocycles. The van der Waals surface area contributed by atoms with Crippen LogP contribution in [0.25, 0.3) is 89.2 Å². The number of hydrogen-bond donors (Lipinski definition) is 0. The van der Waals surface area contributed by atoms with Gasteiger partial charge in [0.1, 0.15) is 0 Å². The SMILES string of the molecule is CC1(C)C2=C(CCc3ccccc32)c2c(-c3ccc(-c4cc(-c5cc(-c6ccccc6)cc(-c6ccccc6)c5)nc(-c5ccccc5)n4)c4ccccc34)cccc21. The minimum absolute atomic E-state index is 0.0870. The molecule has 1 aromatic heterocycles. The number of aromatic nitrogens is 2. The zero-order valence-electron chi connectivity index (χ0n) is 33.3. The molecule has 1 heterocycles. The zero-order chi connectivity index (χ0) is 39.5. The average molecular weight is 755 g/mol. The summed E-state index contributed by atoms with van der Waals surface area (Å²) in [5, 5.41) is 2.40. The molecule has 0 fully saturated rings. The van der Waals surface area contributed by atoms with Crippen molar-refractivity contribution in [3.63, 3.8) is 0 Å². The lowest BCUT2D eigenvalue weighted by atomic mass is 9.75. The summed E-state index contributed by atoms with van der Waals surface area (Å²) in [6.07, 6.45) is 2.12. The highest BCUT2D eigenvalue weighted by molar-refractivity contribution is 6.11. The summed E-state index contributed by atoms with van der Waals surface area (Å²) in [5.41, 5.74) is 20.7. The van der Waals surface area contributed by atoms with E-state index in [9.17, 15) is 0 Å². The average Bonchev–Trinajstić information content (AvgIpc) is 3.55. The topological polar surface area (TPSA) is 25.8 Å². The summed E-state index contributed by atoms with van der Waals surface area (Å²) >= 11 is 0. The highest BCUT2D eigenvalue weighted by Gasteiger charge is 2.41. The molecule has 0 atom stereocenters. The van der Waals surface area contributed by atoms with Gasteiger partial charge in [0.05, 0.1) is 11.4 Å². The van der Waals surface area contributed by atoms with Crippen LogP contribution in [0.15, 0.2) is 194 Å². The molecule has 0 unspecified atom stereocenters. The van der Waals surface area contributed by atoms with Gasteiger partial charge in [0.2, 0.25) is 0 Å². The molecule has 0 N–H and O–H groups in total. The number of fused-ring (bicyclic) bond motifs is 5. The molecule has 2 aliphatic carbocycles. The van der Waals surface area contributed by atoms with Crippen LogP contribution < -0.4 is 0 Å². The molecule has 59 heavy (non-hydrogen) atoms. The van der Waals surface area contributed by atoms with E-state index < -0.39 is 0 Å². The Hall–Kier alpha value is -7.16. The van der Waals surface area contributed by atoms with Gasteiger partial charge in [0.15, 0.2) is 5.82 Å². The Balaban J connectivity index is 1.11. The summed E-state index contributed by atoms with van der Waals surface area (Å²) in [6.45, 7) is 4.83. The molecule has 9 aromatic rings. The Morgan fingerprint density at radius 1 is 0.390 bits per heavy atom.